The lowest BCUT2D eigenvalue weighted by atomic mass is 10.1. The number of carbonyl (C=O) groups is 5. The number of imide groups is 1. The van der Waals surface area contributed by atoms with Crippen LogP contribution in [0.15, 0.2) is 70.9 Å². The fraction of sp³-hybridized carbons (Fsp3) is 0.333. The molecule has 234 valence electrons. The second kappa shape index (κ2) is 20.1. The average Bonchev–Trinajstić information content (AvgIpc) is 3.28. The second-order valence-electron chi connectivity index (χ2n) is 9.71. The summed E-state index contributed by atoms with van der Waals surface area (Å²) in [7, 11) is 0. The molecule has 0 saturated carbocycles. The molecule has 13 nitrogen and oxygen atoms in total. The van der Waals surface area contributed by atoms with Crippen LogP contribution in [0.4, 0.5) is 17.1 Å². The number of hydrogen-bond acceptors (Lipinski definition) is 10. The minimum atomic E-state index is -0.519. The Bertz CT molecular complexity index is 1350. The maximum absolute atomic E-state index is 12.2. The van der Waals surface area contributed by atoms with Crippen LogP contribution < -0.4 is 16.4 Å². The molecular weight excluding hydrogens is 592 g/mol. The molecule has 3 rings (SSSR count). The third-order valence-electron chi connectivity index (χ3n) is 6.02. The average molecular weight is 627 g/mol. The van der Waals surface area contributed by atoms with Crippen molar-refractivity contribution in [3.63, 3.8) is 0 Å². The van der Waals surface area contributed by atoms with Crippen molar-refractivity contribution in [3.8, 4) is 0 Å². The van der Waals surface area contributed by atoms with Gasteiger partial charge in [0.2, 0.25) is 11.8 Å². The van der Waals surface area contributed by atoms with E-state index >= 15 is 0 Å². The van der Waals surface area contributed by atoms with Gasteiger partial charge in [-0.25, -0.2) is 0 Å². The van der Waals surface area contributed by atoms with Crippen LogP contribution in [0.5, 0.6) is 0 Å². The van der Waals surface area contributed by atoms with Crippen LogP contribution in [0.2, 0.25) is 0 Å². The summed E-state index contributed by atoms with van der Waals surface area (Å²) in [6.45, 7) is 1.61. The Morgan fingerprint density at radius 2 is 1.41 bits per heavy atom. The van der Waals surface area contributed by atoms with E-state index in [0.717, 1.165) is 48.3 Å². The number of carbonyl (C=O) groups excluding carboxylic acids is 7. The van der Waals surface area contributed by atoms with Crippen molar-refractivity contribution in [2.24, 2.45) is 16.0 Å². The SMILES string of the molecule is C[C@@H](N)CCCCCC(=O)NCC(=O)Cc1ccc(N=Nc2ccc(NC(=O)CN3C(=O)C=CC3=O)cc2)cc1.Cl.O=C=O. The number of benzene rings is 2. The minimum absolute atomic E-state index is 0. The lowest BCUT2D eigenvalue weighted by Crippen LogP contribution is -2.37. The van der Waals surface area contributed by atoms with Crippen molar-refractivity contribution in [2.75, 3.05) is 18.4 Å². The largest absolute Gasteiger partial charge is 0.373 e. The second-order valence-corrected chi connectivity index (χ2v) is 9.71. The van der Waals surface area contributed by atoms with Gasteiger partial charge in [0.1, 0.15) is 6.54 Å². The van der Waals surface area contributed by atoms with E-state index in [0.29, 0.717) is 23.5 Å². The van der Waals surface area contributed by atoms with E-state index < -0.39 is 17.7 Å². The highest BCUT2D eigenvalue weighted by Gasteiger charge is 2.25. The fourth-order valence-corrected chi connectivity index (χ4v) is 3.84. The predicted octanol–water partition coefficient (Wildman–Crippen LogP) is 3.33. The normalized spacial score (nSPS) is 12.5. The zero-order chi connectivity index (χ0) is 31.6. The van der Waals surface area contributed by atoms with Gasteiger partial charge >= 0.3 is 6.15 Å². The number of halogens is 1. The minimum Gasteiger partial charge on any atom is -0.349 e. The van der Waals surface area contributed by atoms with Crippen molar-refractivity contribution in [2.45, 2.75) is 51.5 Å². The Balaban J connectivity index is 0.00000232. The van der Waals surface area contributed by atoms with Gasteiger partial charge in [0.25, 0.3) is 11.8 Å². The number of amides is 4. The van der Waals surface area contributed by atoms with Crippen molar-refractivity contribution in [1.29, 1.82) is 0 Å². The van der Waals surface area contributed by atoms with Crippen LogP contribution in [-0.2, 0) is 40.0 Å². The summed E-state index contributed by atoms with van der Waals surface area (Å²) < 4.78 is 0. The smallest absolute Gasteiger partial charge is 0.349 e. The third-order valence-corrected chi connectivity index (χ3v) is 6.02. The number of nitrogens with two attached hydrogens (primary N) is 1. The molecule has 1 aliphatic heterocycles. The van der Waals surface area contributed by atoms with Gasteiger partial charge in [-0.2, -0.15) is 19.8 Å². The molecule has 4 amide bonds. The topological polar surface area (TPSA) is 198 Å². The number of hydrogen-bond donors (Lipinski definition) is 3. The zero-order valence-electron chi connectivity index (χ0n) is 24.2. The van der Waals surface area contributed by atoms with E-state index in [1.807, 2.05) is 6.92 Å². The Kier molecular flexibility index (Phi) is 17.0. The number of ketones is 1. The summed E-state index contributed by atoms with van der Waals surface area (Å²) in [5.74, 6) is -1.73. The molecule has 2 aromatic rings. The van der Waals surface area contributed by atoms with Gasteiger partial charge in [-0.1, -0.05) is 25.0 Å². The van der Waals surface area contributed by atoms with Crippen molar-refractivity contribution >= 4 is 65.0 Å². The summed E-state index contributed by atoms with van der Waals surface area (Å²) in [5.41, 5.74) is 8.15. The Morgan fingerprint density at radius 1 is 0.864 bits per heavy atom. The molecule has 1 atom stereocenters. The number of nitrogens with zero attached hydrogens (tertiary/aromatic N) is 3. The first-order valence-corrected chi connectivity index (χ1v) is 13.6. The summed E-state index contributed by atoms with van der Waals surface area (Å²) in [6, 6.07) is 13.8. The maximum atomic E-state index is 12.2. The number of unbranched alkanes of at least 4 members (excludes halogenated alkanes) is 2. The molecule has 0 bridgehead atoms. The van der Waals surface area contributed by atoms with Gasteiger partial charge in [0.15, 0.2) is 5.78 Å². The molecule has 4 N–H and O–H groups in total. The van der Waals surface area contributed by atoms with E-state index in [4.69, 9.17) is 15.3 Å². The first-order chi connectivity index (χ1) is 20.6. The van der Waals surface area contributed by atoms with Crippen LogP contribution in [0.1, 0.15) is 44.6 Å². The van der Waals surface area contributed by atoms with E-state index in [-0.39, 0.29) is 55.8 Å². The molecule has 0 aromatic heterocycles. The van der Waals surface area contributed by atoms with Gasteiger partial charge in [-0.3, -0.25) is 28.9 Å². The predicted molar refractivity (Wildman–Crippen MR) is 162 cm³/mol. The Morgan fingerprint density at radius 3 is 1.95 bits per heavy atom. The summed E-state index contributed by atoms with van der Waals surface area (Å²) in [4.78, 5) is 76.5. The molecule has 2 aromatic carbocycles. The summed E-state index contributed by atoms with van der Waals surface area (Å²) in [5, 5.41) is 13.7. The first-order valence-electron chi connectivity index (χ1n) is 13.6. The van der Waals surface area contributed by atoms with Crippen LogP contribution in [0, 0.1) is 0 Å². The van der Waals surface area contributed by atoms with Crippen LogP contribution in [0.25, 0.3) is 0 Å². The highest BCUT2D eigenvalue weighted by molar-refractivity contribution is 6.15. The lowest BCUT2D eigenvalue weighted by Gasteiger charge is -2.13. The molecule has 0 fully saturated rings. The molecule has 0 unspecified atom stereocenters. The molecule has 1 aliphatic rings. The molecular formula is C30H35ClN6O7. The zero-order valence-corrected chi connectivity index (χ0v) is 25.0. The van der Waals surface area contributed by atoms with Gasteiger partial charge in [0.05, 0.1) is 17.9 Å². The van der Waals surface area contributed by atoms with Crippen LogP contribution in [-0.4, -0.2) is 59.6 Å². The summed E-state index contributed by atoms with van der Waals surface area (Å²) in [6.07, 6.45) is 6.79. The quantitative estimate of drug-likeness (QED) is 0.152. The van der Waals surface area contributed by atoms with Crippen molar-refractivity contribution < 1.29 is 33.6 Å². The third kappa shape index (κ3) is 14.4. The molecule has 1 heterocycles. The van der Waals surface area contributed by atoms with Gasteiger partial charge in [0, 0.05) is 36.7 Å². The standard InChI is InChI=1S/C29H34N6O5.CO2.ClH/c1-20(30)5-3-2-4-6-26(37)31-18-25(36)17-21-7-9-23(10-8-21)33-34-24-13-11-22(12-14-24)32-27(38)19-35-28(39)15-16-29(35)40;2-1-3;/h7-16,20H,2-6,17-19,30H2,1H3,(H,31,37)(H,32,38);;1H/t20-;;/m1../s1. The van der Waals surface area contributed by atoms with Crippen LogP contribution in [0.3, 0.4) is 0 Å². The van der Waals surface area contributed by atoms with Crippen LogP contribution >= 0.6 is 12.4 Å². The first kappa shape index (κ1) is 37.2. The highest BCUT2D eigenvalue weighted by Crippen LogP contribution is 2.21. The number of anilines is 1. The fourth-order valence-electron chi connectivity index (χ4n) is 3.84. The summed E-state index contributed by atoms with van der Waals surface area (Å²) >= 11 is 0. The van der Waals surface area contributed by atoms with Crippen molar-refractivity contribution in [3.05, 3.63) is 66.2 Å². The van der Waals surface area contributed by atoms with Crippen molar-refractivity contribution in [1.82, 2.24) is 10.2 Å². The lowest BCUT2D eigenvalue weighted by molar-refractivity contribution is -0.191. The molecule has 0 spiro atoms. The van der Waals surface area contributed by atoms with E-state index in [2.05, 4.69) is 20.9 Å². The maximum Gasteiger partial charge on any atom is 0.373 e. The van der Waals surface area contributed by atoms with Gasteiger partial charge in [-0.05, 0) is 61.7 Å². The molecule has 0 aliphatic carbocycles. The number of Topliss-reactive ketones (excluding diaryl/α,β-unsaturated/α-hetero) is 1. The van der Waals surface area contributed by atoms with E-state index in [1.54, 1.807) is 48.5 Å². The van der Waals surface area contributed by atoms with Gasteiger partial charge < -0.3 is 16.4 Å². The molecule has 0 saturated heterocycles. The van der Waals surface area contributed by atoms with Gasteiger partial charge in [-0.15, -0.1) is 12.4 Å². The highest BCUT2D eigenvalue weighted by atomic mass is 35.5. The molecule has 0 radical (unpaired) electrons. The monoisotopic (exact) mass is 626 g/mol. The Hall–Kier alpha value is -4.84. The van der Waals surface area contributed by atoms with E-state index in [1.165, 1.54) is 0 Å². The molecule has 44 heavy (non-hydrogen) atoms. The Labute approximate surface area is 260 Å². The number of rotatable bonds is 15. The molecule has 14 heteroatoms. The number of azo groups is 1. The number of nitrogens with one attached hydrogen (secondary N) is 2. The van der Waals surface area contributed by atoms with E-state index in [9.17, 15) is 24.0 Å².